The maximum absolute atomic E-state index is 12.5. The molecule has 1 unspecified atom stereocenters. The SMILES string of the molecule is CC(C)C(NC(=O)Cc1ccccc1)C(=O)NCCS(=O)(=O)c1ccccc1. The van der Waals surface area contributed by atoms with Gasteiger partial charge >= 0.3 is 0 Å². The van der Waals surface area contributed by atoms with E-state index in [1.165, 1.54) is 12.1 Å². The topological polar surface area (TPSA) is 92.3 Å². The predicted molar refractivity (Wildman–Crippen MR) is 108 cm³/mol. The monoisotopic (exact) mass is 402 g/mol. The highest BCUT2D eigenvalue weighted by Gasteiger charge is 2.24. The molecule has 0 bridgehead atoms. The average Bonchev–Trinajstić information content (AvgIpc) is 2.67. The van der Waals surface area contributed by atoms with Crippen molar-refractivity contribution >= 4 is 21.7 Å². The molecule has 0 radical (unpaired) electrons. The molecule has 28 heavy (non-hydrogen) atoms. The van der Waals surface area contributed by atoms with Gasteiger partial charge in [-0.15, -0.1) is 0 Å². The third-order valence-electron chi connectivity index (χ3n) is 4.25. The zero-order chi connectivity index (χ0) is 20.6. The molecule has 7 heteroatoms. The van der Waals surface area contributed by atoms with E-state index in [0.717, 1.165) is 5.56 Å². The summed E-state index contributed by atoms with van der Waals surface area (Å²) >= 11 is 0. The first-order valence-electron chi connectivity index (χ1n) is 9.18. The molecular formula is C21H26N2O4S. The Morgan fingerprint density at radius 3 is 2.07 bits per heavy atom. The van der Waals surface area contributed by atoms with E-state index in [1.807, 2.05) is 44.2 Å². The maximum atomic E-state index is 12.5. The van der Waals surface area contributed by atoms with E-state index in [1.54, 1.807) is 18.2 Å². The molecule has 2 aromatic carbocycles. The van der Waals surface area contributed by atoms with Crippen LogP contribution in [0.25, 0.3) is 0 Å². The van der Waals surface area contributed by atoms with Gasteiger partial charge in [0.25, 0.3) is 0 Å². The molecule has 2 aromatic rings. The van der Waals surface area contributed by atoms with Gasteiger partial charge in [-0.25, -0.2) is 8.42 Å². The smallest absolute Gasteiger partial charge is 0.242 e. The van der Waals surface area contributed by atoms with Crippen molar-refractivity contribution in [3.8, 4) is 0 Å². The molecule has 6 nitrogen and oxygen atoms in total. The van der Waals surface area contributed by atoms with Crippen LogP contribution in [-0.4, -0.2) is 38.6 Å². The Morgan fingerprint density at radius 2 is 1.50 bits per heavy atom. The molecule has 0 aliphatic heterocycles. The standard InChI is InChI=1S/C21H26N2O4S/c1-16(2)20(23-19(24)15-17-9-5-3-6-10-17)21(25)22-13-14-28(26,27)18-11-7-4-8-12-18/h3-12,16,20H,13-15H2,1-2H3,(H,22,25)(H,23,24). The summed E-state index contributed by atoms with van der Waals surface area (Å²) in [5.74, 6) is -0.979. The van der Waals surface area contributed by atoms with Crippen molar-refractivity contribution in [1.29, 1.82) is 0 Å². The minimum absolute atomic E-state index is 0.0200. The van der Waals surface area contributed by atoms with Gasteiger partial charge in [0.05, 0.1) is 17.1 Å². The van der Waals surface area contributed by atoms with Crippen LogP contribution < -0.4 is 10.6 Å². The number of benzene rings is 2. The van der Waals surface area contributed by atoms with E-state index in [2.05, 4.69) is 10.6 Å². The van der Waals surface area contributed by atoms with Crippen molar-refractivity contribution in [1.82, 2.24) is 10.6 Å². The van der Waals surface area contributed by atoms with Crippen molar-refractivity contribution in [3.63, 3.8) is 0 Å². The number of sulfone groups is 1. The molecule has 0 saturated heterocycles. The van der Waals surface area contributed by atoms with Crippen LogP contribution in [0.4, 0.5) is 0 Å². The fourth-order valence-electron chi connectivity index (χ4n) is 2.70. The zero-order valence-corrected chi connectivity index (χ0v) is 16.9. The maximum Gasteiger partial charge on any atom is 0.242 e. The summed E-state index contributed by atoms with van der Waals surface area (Å²) in [6, 6.07) is 16.6. The lowest BCUT2D eigenvalue weighted by Gasteiger charge is -2.21. The third kappa shape index (κ3) is 6.49. The molecule has 0 saturated carbocycles. The van der Waals surface area contributed by atoms with Gasteiger partial charge in [0.15, 0.2) is 9.84 Å². The molecule has 0 aliphatic rings. The second-order valence-corrected chi connectivity index (χ2v) is 8.98. The number of rotatable bonds is 9. The lowest BCUT2D eigenvalue weighted by molar-refractivity contribution is -0.129. The van der Waals surface area contributed by atoms with Crippen LogP contribution in [0.5, 0.6) is 0 Å². The zero-order valence-electron chi connectivity index (χ0n) is 16.1. The minimum atomic E-state index is -3.47. The molecule has 0 aromatic heterocycles. The van der Waals surface area contributed by atoms with Crippen LogP contribution in [-0.2, 0) is 25.8 Å². The van der Waals surface area contributed by atoms with Crippen LogP contribution in [0.2, 0.25) is 0 Å². The van der Waals surface area contributed by atoms with Crippen LogP contribution in [0.1, 0.15) is 19.4 Å². The number of nitrogens with one attached hydrogen (secondary N) is 2. The summed E-state index contributed by atoms with van der Waals surface area (Å²) in [5, 5.41) is 5.37. The second-order valence-electron chi connectivity index (χ2n) is 6.87. The van der Waals surface area contributed by atoms with Gasteiger partial charge in [0.1, 0.15) is 6.04 Å². The number of amides is 2. The Morgan fingerprint density at radius 1 is 0.929 bits per heavy atom. The van der Waals surface area contributed by atoms with Crippen LogP contribution in [0, 0.1) is 5.92 Å². The van der Waals surface area contributed by atoms with Gasteiger partial charge in [-0.3, -0.25) is 9.59 Å². The number of hydrogen-bond acceptors (Lipinski definition) is 4. The summed E-state index contributed by atoms with van der Waals surface area (Å²) in [6.45, 7) is 3.63. The fraction of sp³-hybridized carbons (Fsp3) is 0.333. The molecule has 2 amide bonds. The van der Waals surface area contributed by atoms with Gasteiger partial charge < -0.3 is 10.6 Å². The average molecular weight is 403 g/mol. The normalized spacial score (nSPS) is 12.4. The van der Waals surface area contributed by atoms with E-state index < -0.39 is 15.9 Å². The highest BCUT2D eigenvalue weighted by molar-refractivity contribution is 7.91. The summed E-state index contributed by atoms with van der Waals surface area (Å²) in [6.07, 6.45) is 0.180. The number of carbonyl (C=O) groups is 2. The first kappa shape index (κ1) is 21.6. The van der Waals surface area contributed by atoms with Crippen molar-refractivity contribution in [2.45, 2.75) is 31.2 Å². The Hall–Kier alpha value is -2.67. The van der Waals surface area contributed by atoms with Gasteiger partial charge in [-0.1, -0.05) is 62.4 Å². The van der Waals surface area contributed by atoms with E-state index in [9.17, 15) is 18.0 Å². The molecule has 1 atom stereocenters. The Balaban J connectivity index is 1.89. The fourth-order valence-corrected chi connectivity index (χ4v) is 3.88. The predicted octanol–water partition coefficient (Wildman–Crippen LogP) is 1.96. The van der Waals surface area contributed by atoms with Gasteiger partial charge in [-0.05, 0) is 23.6 Å². The van der Waals surface area contributed by atoms with Crippen LogP contribution in [0.15, 0.2) is 65.6 Å². The first-order valence-corrected chi connectivity index (χ1v) is 10.8. The van der Waals surface area contributed by atoms with E-state index in [-0.39, 0.29) is 41.3 Å². The minimum Gasteiger partial charge on any atom is -0.353 e. The summed E-state index contributed by atoms with van der Waals surface area (Å²) in [4.78, 5) is 25.0. The molecule has 0 heterocycles. The quantitative estimate of drug-likeness (QED) is 0.671. The summed E-state index contributed by atoms with van der Waals surface area (Å²) in [7, 11) is -3.47. The largest absolute Gasteiger partial charge is 0.353 e. The van der Waals surface area contributed by atoms with Crippen LogP contribution >= 0.6 is 0 Å². The molecule has 0 aliphatic carbocycles. The Labute approximate surface area is 166 Å². The van der Waals surface area contributed by atoms with Gasteiger partial charge in [0.2, 0.25) is 11.8 Å². The van der Waals surface area contributed by atoms with E-state index >= 15 is 0 Å². The second kappa shape index (κ2) is 10.0. The summed E-state index contributed by atoms with van der Waals surface area (Å²) in [5.41, 5.74) is 0.858. The lowest BCUT2D eigenvalue weighted by Crippen LogP contribution is -2.50. The highest BCUT2D eigenvalue weighted by Crippen LogP contribution is 2.09. The lowest BCUT2D eigenvalue weighted by atomic mass is 10.0. The van der Waals surface area contributed by atoms with Gasteiger partial charge in [0, 0.05) is 6.54 Å². The Bertz CT molecular complexity index is 881. The van der Waals surface area contributed by atoms with Gasteiger partial charge in [-0.2, -0.15) is 0 Å². The van der Waals surface area contributed by atoms with Crippen molar-refractivity contribution in [2.75, 3.05) is 12.3 Å². The molecule has 2 N–H and O–H groups in total. The summed E-state index contributed by atoms with van der Waals surface area (Å²) < 4.78 is 24.6. The molecule has 2 rings (SSSR count). The van der Waals surface area contributed by atoms with Crippen molar-refractivity contribution in [2.24, 2.45) is 5.92 Å². The number of carbonyl (C=O) groups excluding carboxylic acids is 2. The molecule has 150 valence electrons. The van der Waals surface area contributed by atoms with Crippen molar-refractivity contribution < 1.29 is 18.0 Å². The molecule has 0 fully saturated rings. The highest BCUT2D eigenvalue weighted by atomic mass is 32.2. The van der Waals surface area contributed by atoms with Crippen LogP contribution in [0.3, 0.4) is 0 Å². The first-order chi connectivity index (χ1) is 13.3. The molecule has 0 spiro atoms. The van der Waals surface area contributed by atoms with Crippen molar-refractivity contribution in [3.05, 3.63) is 66.2 Å². The molecular weight excluding hydrogens is 376 g/mol. The van der Waals surface area contributed by atoms with E-state index in [4.69, 9.17) is 0 Å². The Kier molecular flexibility index (Phi) is 7.75. The van der Waals surface area contributed by atoms with E-state index in [0.29, 0.717) is 0 Å². The number of hydrogen-bond donors (Lipinski definition) is 2. The third-order valence-corrected chi connectivity index (χ3v) is 5.98.